The molecular formula is C15H20N4O. The van der Waals surface area contributed by atoms with Crippen molar-refractivity contribution in [3.63, 3.8) is 0 Å². The van der Waals surface area contributed by atoms with Crippen molar-refractivity contribution in [3.8, 4) is 0 Å². The van der Waals surface area contributed by atoms with E-state index in [0.717, 1.165) is 37.5 Å². The average molecular weight is 272 g/mol. The normalized spacial score (nSPS) is 23.6. The maximum absolute atomic E-state index is 5.42. The lowest BCUT2D eigenvalue weighted by Gasteiger charge is -2.14. The molecule has 5 heteroatoms. The van der Waals surface area contributed by atoms with E-state index >= 15 is 0 Å². The molecule has 0 N–H and O–H groups in total. The predicted molar refractivity (Wildman–Crippen MR) is 74.4 cm³/mol. The summed E-state index contributed by atoms with van der Waals surface area (Å²) in [5, 5.41) is 8.63. The van der Waals surface area contributed by atoms with Crippen molar-refractivity contribution in [2.45, 2.75) is 44.7 Å². The Bertz CT molecular complexity index is 599. The second-order valence-electron chi connectivity index (χ2n) is 6.17. The highest BCUT2D eigenvalue weighted by atomic mass is 16.5. The maximum Gasteiger partial charge on any atom is 0.140 e. The van der Waals surface area contributed by atoms with Crippen LogP contribution >= 0.6 is 0 Å². The molecule has 1 saturated carbocycles. The highest BCUT2D eigenvalue weighted by Gasteiger charge is 2.29. The molecule has 20 heavy (non-hydrogen) atoms. The third-order valence-corrected chi connectivity index (χ3v) is 4.29. The molecule has 2 aromatic rings. The van der Waals surface area contributed by atoms with Crippen molar-refractivity contribution < 1.29 is 4.52 Å². The molecule has 1 aliphatic heterocycles. The molecule has 5 nitrogen and oxygen atoms in total. The van der Waals surface area contributed by atoms with Gasteiger partial charge in [0, 0.05) is 37.8 Å². The van der Waals surface area contributed by atoms with Crippen LogP contribution in [-0.4, -0.2) is 32.9 Å². The summed E-state index contributed by atoms with van der Waals surface area (Å²) in [6.45, 7) is 5.14. The topological polar surface area (TPSA) is 47.1 Å². The standard InChI is InChI=1S/C15H20N4O/c1-11-7-16-19(8-11)14-4-5-18(10-14)9-13-6-15(20-17-13)12-2-3-12/h6-8,12,14H,2-5,9-10H2,1H3. The van der Waals surface area contributed by atoms with Gasteiger partial charge in [0.05, 0.1) is 17.9 Å². The van der Waals surface area contributed by atoms with Crippen molar-refractivity contribution in [1.82, 2.24) is 19.8 Å². The first kappa shape index (κ1) is 12.1. The molecule has 0 spiro atoms. The summed E-state index contributed by atoms with van der Waals surface area (Å²) < 4.78 is 7.52. The molecule has 2 aliphatic rings. The monoisotopic (exact) mass is 272 g/mol. The molecular weight excluding hydrogens is 252 g/mol. The fourth-order valence-electron chi connectivity index (χ4n) is 3.00. The smallest absolute Gasteiger partial charge is 0.140 e. The van der Waals surface area contributed by atoms with E-state index in [1.54, 1.807) is 0 Å². The van der Waals surface area contributed by atoms with Gasteiger partial charge in [-0.1, -0.05) is 5.16 Å². The minimum atomic E-state index is 0.499. The number of nitrogens with zero attached hydrogens (tertiary/aromatic N) is 4. The number of hydrogen-bond donors (Lipinski definition) is 0. The van der Waals surface area contributed by atoms with E-state index in [9.17, 15) is 0 Å². The number of aromatic nitrogens is 3. The van der Waals surface area contributed by atoms with Crippen LogP contribution in [0.4, 0.5) is 0 Å². The van der Waals surface area contributed by atoms with Crippen molar-refractivity contribution in [2.24, 2.45) is 0 Å². The second-order valence-corrected chi connectivity index (χ2v) is 6.17. The van der Waals surface area contributed by atoms with E-state index in [1.807, 2.05) is 6.20 Å². The van der Waals surface area contributed by atoms with E-state index in [1.165, 1.54) is 18.4 Å². The van der Waals surface area contributed by atoms with Crippen LogP contribution in [0.5, 0.6) is 0 Å². The van der Waals surface area contributed by atoms with Crippen LogP contribution in [0, 0.1) is 6.92 Å². The Balaban J connectivity index is 1.38. The summed E-state index contributed by atoms with van der Waals surface area (Å²) in [5.41, 5.74) is 2.30. The fraction of sp³-hybridized carbons (Fsp3) is 0.600. The Morgan fingerprint density at radius 3 is 3.00 bits per heavy atom. The predicted octanol–water partition coefficient (Wildman–Crippen LogP) is 2.50. The van der Waals surface area contributed by atoms with Gasteiger partial charge in [0.25, 0.3) is 0 Å². The van der Waals surface area contributed by atoms with E-state index in [-0.39, 0.29) is 0 Å². The Morgan fingerprint density at radius 1 is 1.35 bits per heavy atom. The van der Waals surface area contributed by atoms with Gasteiger partial charge in [0.2, 0.25) is 0 Å². The summed E-state index contributed by atoms with van der Waals surface area (Å²) in [5.74, 6) is 1.73. The van der Waals surface area contributed by atoms with Crippen molar-refractivity contribution >= 4 is 0 Å². The van der Waals surface area contributed by atoms with Crippen LogP contribution in [0.3, 0.4) is 0 Å². The lowest BCUT2D eigenvalue weighted by Crippen LogP contribution is -2.21. The van der Waals surface area contributed by atoms with E-state index < -0.39 is 0 Å². The molecule has 1 unspecified atom stereocenters. The van der Waals surface area contributed by atoms with Crippen LogP contribution in [0.15, 0.2) is 23.0 Å². The van der Waals surface area contributed by atoms with Crippen LogP contribution in [0.2, 0.25) is 0 Å². The zero-order valence-corrected chi connectivity index (χ0v) is 11.8. The summed E-state index contributed by atoms with van der Waals surface area (Å²) >= 11 is 0. The summed E-state index contributed by atoms with van der Waals surface area (Å²) in [6.07, 6.45) is 7.75. The Hall–Kier alpha value is -1.62. The number of aryl methyl sites for hydroxylation is 1. The van der Waals surface area contributed by atoms with Crippen LogP contribution < -0.4 is 0 Å². The average Bonchev–Trinajstić information content (AvgIpc) is 2.86. The number of rotatable bonds is 4. The fourth-order valence-corrected chi connectivity index (χ4v) is 3.00. The summed E-state index contributed by atoms with van der Waals surface area (Å²) in [7, 11) is 0. The largest absolute Gasteiger partial charge is 0.361 e. The Kier molecular flexibility index (Phi) is 2.88. The van der Waals surface area contributed by atoms with Crippen molar-refractivity contribution in [3.05, 3.63) is 35.5 Å². The number of hydrogen-bond acceptors (Lipinski definition) is 4. The third kappa shape index (κ3) is 2.38. The quantitative estimate of drug-likeness (QED) is 0.858. The molecule has 0 bridgehead atoms. The Labute approximate surface area is 118 Å². The van der Waals surface area contributed by atoms with Crippen LogP contribution in [0.25, 0.3) is 0 Å². The first-order valence-corrected chi connectivity index (χ1v) is 7.46. The van der Waals surface area contributed by atoms with Gasteiger partial charge in [-0.3, -0.25) is 9.58 Å². The first-order chi connectivity index (χ1) is 9.78. The molecule has 2 fully saturated rings. The Morgan fingerprint density at radius 2 is 2.25 bits per heavy atom. The van der Waals surface area contributed by atoms with Gasteiger partial charge in [-0.25, -0.2) is 0 Å². The zero-order valence-electron chi connectivity index (χ0n) is 11.8. The van der Waals surface area contributed by atoms with Gasteiger partial charge in [0.1, 0.15) is 5.76 Å². The van der Waals surface area contributed by atoms with Gasteiger partial charge < -0.3 is 4.52 Å². The van der Waals surface area contributed by atoms with Gasteiger partial charge >= 0.3 is 0 Å². The van der Waals surface area contributed by atoms with Gasteiger partial charge in [0.15, 0.2) is 0 Å². The molecule has 4 rings (SSSR count). The highest BCUT2D eigenvalue weighted by Crippen LogP contribution is 2.40. The molecule has 1 atom stereocenters. The molecule has 2 aromatic heterocycles. The van der Waals surface area contributed by atoms with E-state index in [2.05, 4.69) is 39.0 Å². The maximum atomic E-state index is 5.42. The lowest BCUT2D eigenvalue weighted by molar-refractivity contribution is 0.296. The highest BCUT2D eigenvalue weighted by molar-refractivity contribution is 5.14. The van der Waals surface area contributed by atoms with Crippen LogP contribution in [-0.2, 0) is 6.54 Å². The molecule has 106 valence electrons. The van der Waals surface area contributed by atoms with E-state index in [4.69, 9.17) is 4.52 Å². The number of likely N-dealkylation sites (tertiary alicyclic amines) is 1. The van der Waals surface area contributed by atoms with Crippen molar-refractivity contribution in [2.75, 3.05) is 13.1 Å². The molecule has 3 heterocycles. The van der Waals surface area contributed by atoms with Gasteiger partial charge in [-0.15, -0.1) is 0 Å². The molecule has 0 amide bonds. The van der Waals surface area contributed by atoms with Gasteiger partial charge in [-0.05, 0) is 31.7 Å². The molecule has 1 saturated heterocycles. The lowest BCUT2D eigenvalue weighted by atomic mass is 10.2. The van der Waals surface area contributed by atoms with Crippen LogP contribution in [0.1, 0.15) is 48.2 Å². The SMILES string of the molecule is Cc1cnn(C2CCN(Cc3cc(C4CC4)on3)C2)c1. The minimum absolute atomic E-state index is 0.499. The summed E-state index contributed by atoms with van der Waals surface area (Å²) in [6, 6.07) is 2.64. The first-order valence-electron chi connectivity index (χ1n) is 7.46. The second kappa shape index (κ2) is 4.74. The third-order valence-electron chi connectivity index (χ3n) is 4.29. The van der Waals surface area contributed by atoms with Crippen molar-refractivity contribution in [1.29, 1.82) is 0 Å². The molecule has 0 aromatic carbocycles. The zero-order chi connectivity index (χ0) is 13.5. The minimum Gasteiger partial charge on any atom is -0.361 e. The van der Waals surface area contributed by atoms with E-state index in [0.29, 0.717) is 12.0 Å². The van der Waals surface area contributed by atoms with Gasteiger partial charge in [-0.2, -0.15) is 5.10 Å². The molecule has 1 aliphatic carbocycles. The summed E-state index contributed by atoms with van der Waals surface area (Å²) in [4.78, 5) is 2.44. The molecule has 0 radical (unpaired) electrons.